The van der Waals surface area contributed by atoms with Crippen LogP contribution in [0.15, 0.2) is 0 Å². The summed E-state index contributed by atoms with van der Waals surface area (Å²) in [4.78, 5) is 0. The smallest absolute Gasteiger partial charge is 0.0623 e. The number of hydrogen-bond donors (Lipinski definition) is 1. The fraction of sp³-hybridized carbons (Fsp3) is 1.00. The Morgan fingerprint density at radius 1 is 1.07 bits per heavy atom. The molecule has 0 fully saturated rings. The van der Waals surface area contributed by atoms with Crippen molar-refractivity contribution >= 4 is 0 Å². The second-order valence-electron chi connectivity index (χ2n) is 5.18. The Morgan fingerprint density at radius 2 is 1.64 bits per heavy atom. The predicted octanol–water partition coefficient (Wildman–Crippen LogP) is 2.99. The van der Waals surface area contributed by atoms with Gasteiger partial charge in [-0.25, -0.2) is 0 Å². The quantitative estimate of drug-likeness (QED) is 0.687. The molecule has 0 aliphatic carbocycles. The van der Waals surface area contributed by atoms with E-state index in [0.717, 1.165) is 25.7 Å². The van der Waals surface area contributed by atoms with E-state index in [1.54, 1.807) is 7.11 Å². The van der Waals surface area contributed by atoms with Crippen LogP contribution in [0.5, 0.6) is 0 Å². The van der Waals surface area contributed by atoms with Crippen molar-refractivity contribution in [3.8, 4) is 0 Å². The van der Waals surface area contributed by atoms with Gasteiger partial charge in [0.1, 0.15) is 0 Å². The maximum absolute atomic E-state index is 9.35. The summed E-state index contributed by atoms with van der Waals surface area (Å²) in [6, 6.07) is 0. The maximum Gasteiger partial charge on any atom is 0.0623 e. The minimum atomic E-state index is -0.0653. The first-order valence-corrected chi connectivity index (χ1v) is 5.55. The molecule has 0 aromatic rings. The largest absolute Gasteiger partial charge is 0.396 e. The van der Waals surface area contributed by atoms with Gasteiger partial charge in [0.05, 0.1) is 5.60 Å². The zero-order valence-electron chi connectivity index (χ0n) is 10.4. The van der Waals surface area contributed by atoms with E-state index in [9.17, 15) is 5.11 Å². The summed E-state index contributed by atoms with van der Waals surface area (Å²) >= 11 is 0. The molecule has 0 saturated carbocycles. The van der Waals surface area contributed by atoms with Crippen LogP contribution in [0, 0.1) is 5.41 Å². The molecule has 0 rings (SSSR count). The fourth-order valence-electron chi connectivity index (χ4n) is 1.59. The Labute approximate surface area is 88.7 Å². The van der Waals surface area contributed by atoms with Gasteiger partial charge in [0.2, 0.25) is 0 Å². The van der Waals surface area contributed by atoms with Crippen molar-refractivity contribution in [3.05, 3.63) is 0 Å². The van der Waals surface area contributed by atoms with E-state index in [-0.39, 0.29) is 17.6 Å². The summed E-state index contributed by atoms with van der Waals surface area (Å²) in [6.07, 6.45) is 4.24. The van der Waals surface area contributed by atoms with E-state index in [0.29, 0.717) is 0 Å². The van der Waals surface area contributed by atoms with Gasteiger partial charge in [-0.05, 0) is 38.5 Å². The van der Waals surface area contributed by atoms with Crippen LogP contribution in [0.25, 0.3) is 0 Å². The van der Waals surface area contributed by atoms with Gasteiger partial charge in [-0.2, -0.15) is 0 Å². The monoisotopic (exact) mass is 202 g/mol. The van der Waals surface area contributed by atoms with Gasteiger partial charge >= 0.3 is 0 Å². The number of ether oxygens (including phenoxy) is 1. The van der Waals surface area contributed by atoms with E-state index in [4.69, 9.17) is 4.74 Å². The third-order valence-corrected chi connectivity index (χ3v) is 3.12. The highest BCUT2D eigenvalue weighted by atomic mass is 16.5. The van der Waals surface area contributed by atoms with Gasteiger partial charge < -0.3 is 9.84 Å². The van der Waals surface area contributed by atoms with Crippen LogP contribution in [0.1, 0.15) is 53.4 Å². The Balaban J connectivity index is 4.06. The van der Waals surface area contributed by atoms with Crippen LogP contribution < -0.4 is 0 Å². The lowest BCUT2D eigenvalue weighted by Crippen LogP contribution is -2.28. The van der Waals surface area contributed by atoms with Crippen molar-refractivity contribution in [1.29, 1.82) is 0 Å². The molecule has 0 heterocycles. The normalized spacial score (nSPS) is 16.7. The minimum absolute atomic E-state index is 0.0653. The van der Waals surface area contributed by atoms with Crippen molar-refractivity contribution < 1.29 is 9.84 Å². The Bertz CT molecular complexity index is 154. The van der Waals surface area contributed by atoms with Gasteiger partial charge in [-0.3, -0.25) is 0 Å². The third-order valence-electron chi connectivity index (χ3n) is 3.12. The van der Waals surface area contributed by atoms with E-state index in [2.05, 4.69) is 27.7 Å². The highest BCUT2D eigenvalue weighted by Gasteiger charge is 2.26. The summed E-state index contributed by atoms with van der Waals surface area (Å²) in [5.41, 5.74) is 0.00865. The summed E-state index contributed by atoms with van der Waals surface area (Å²) in [5, 5.41) is 9.35. The molecule has 0 spiro atoms. The first-order valence-electron chi connectivity index (χ1n) is 5.55. The number of methoxy groups -OCH3 is 1. The zero-order valence-corrected chi connectivity index (χ0v) is 10.4. The van der Waals surface area contributed by atoms with E-state index >= 15 is 0 Å². The van der Waals surface area contributed by atoms with Crippen LogP contribution in [-0.4, -0.2) is 24.4 Å². The molecule has 86 valence electrons. The SMILES string of the molecule is CCCC(C)(CO)CCC(C)(C)OC. The summed E-state index contributed by atoms with van der Waals surface area (Å²) < 4.78 is 5.37. The standard InChI is InChI=1S/C12H26O2/c1-6-7-12(4,10-13)9-8-11(2,3)14-5/h13H,6-10H2,1-5H3. The predicted molar refractivity (Wildman–Crippen MR) is 60.4 cm³/mol. The van der Waals surface area contributed by atoms with Crippen molar-refractivity contribution in [2.45, 2.75) is 59.0 Å². The summed E-state index contributed by atoms with van der Waals surface area (Å²) in [6.45, 7) is 8.78. The Kier molecular flexibility index (Phi) is 5.68. The molecule has 0 aliphatic rings. The van der Waals surface area contributed by atoms with Crippen LogP contribution in [0.3, 0.4) is 0 Å². The molecule has 0 aromatic carbocycles. The average molecular weight is 202 g/mol. The molecule has 1 unspecified atom stereocenters. The number of rotatable bonds is 7. The molecule has 1 atom stereocenters. The summed E-state index contributed by atoms with van der Waals surface area (Å²) in [7, 11) is 1.75. The average Bonchev–Trinajstić information content (AvgIpc) is 2.16. The molecular formula is C12H26O2. The molecule has 0 aliphatic heterocycles. The van der Waals surface area contributed by atoms with Gasteiger partial charge in [-0.15, -0.1) is 0 Å². The highest BCUT2D eigenvalue weighted by molar-refractivity contribution is 4.78. The van der Waals surface area contributed by atoms with Crippen molar-refractivity contribution in [2.24, 2.45) is 5.41 Å². The maximum atomic E-state index is 9.35. The van der Waals surface area contributed by atoms with Gasteiger partial charge in [0, 0.05) is 13.7 Å². The zero-order chi connectivity index (χ0) is 11.2. The van der Waals surface area contributed by atoms with E-state index in [1.807, 2.05) is 0 Å². The Morgan fingerprint density at radius 3 is 2.00 bits per heavy atom. The molecule has 2 nitrogen and oxygen atoms in total. The fourth-order valence-corrected chi connectivity index (χ4v) is 1.59. The van der Waals surface area contributed by atoms with Crippen LogP contribution in [0.2, 0.25) is 0 Å². The molecule has 0 radical (unpaired) electrons. The van der Waals surface area contributed by atoms with E-state index in [1.165, 1.54) is 0 Å². The van der Waals surface area contributed by atoms with Crippen molar-refractivity contribution in [1.82, 2.24) is 0 Å². The molecule has 0 bridgehead atoms. The lowest BCUT2D eigenvalue weighted by molar-refractivity contribution is -0.00240. The topological polar surface area (TPSA) is 29.5 Å². The van der Waals surface area contributed by atoms with Crippen molar-refractivity contribution in [2.75, 3.05) is 13.7 Å². The molecule has 2 heteroatoms. The molecule has 0 amide bonds. The van der Waals surface area contributed by atoms with Gasteiger partial charge in [-0.1, -0.05) is 20.3 Å². The Hall–Kier alpha value is -0.0800. The second kappa shape index (κ2) is 5.72. The molecule has 14 heavy (non-hydrogen) atoms. The number of aliphatic hydroxyl groups is 1. The lowest BCUT2D eigenvalue weighted by Gasteiger charge is -2.31. The highest BCUT2D eigenvalue weighted by Crippen LogP contribution is 2.31. The molecular weight excluding hydrogens is 176 g/mol. The number of aliphatic hydroxyl groups excluding tert-OH is 1. The van der Waals surface area contributed by atoms with Crippen LogP contribution >= 0.6 is 0 Å². The van der Waals surface area contributed by atoms with Crippen LogP contribution in [0.4, 0.5) is 0 Å². The summed E-state index contributed by atoms with van der Waals surface area (Å²) in [5.74, 6) is 0. The first-order chi connectivity index (χ1) is 6.39. The number of hydrogen-bond acceptors (Lipinski definition) is 2. The van der Waals surface area contributed by atoms with E-state index < -0.39 is 0 Å². The lowest BCUT2D eigenvalue weighted by atomic mass is 9.79. The molecule has 1 N–H and O–H groups in total. The first kappa shape index (κ1) is 13.9. The van der Waals surface area contributed by atoms with Gasteiger partial charge in [0.15, 0.2) is 0 Å². The van der Waals surface area contributed by atoms with Crippen LogP contribution in [-0.2, 0) is 4.74 Å². The third kappa shape index (κ3) is 4.97. The molecule has 0 aromatic heterocycles. The van der Waals surface area contributed by atoms with Crippen molar-refractivity contribution in [3.63, 3.8) is 0 Å². The van der Waals surface area contributed by atoms with Gasteiger partial charge in [0.25, 0.3) is 0 Å². The minimum Gasteiger partial charge on any atom is -0.396 e. The second-order valence-corrected chi connectivity index (χ2v) is 5.18. The molecule has 0 saturated heterocycles.